The maximum atomic E-state index is 12.8. The standard InChI is InChI=1S/C11H9FN4O2/c12-9-2-1-3-10(14-9)15-11(17)13-8-4-6-16(18)7-5-8/h1-7,18H,(H,14,15,17). The summed E-state index contributed by atoms with van der Waals surface area (Å²) in [4.78, 5) is 18.6. The second-order valence-corrected chi connectivity index (χ2v) is 3.32. The number of nitrogens with zero attached hydrogens (tertiary/aromatic N) is 3. The first-order valence-electron chi connectivity index (χ1n) is 4.99. The molecule has 7 heteroatoms. The number of hydrogen-bond acceptors (Lipinski definition) is 3. The Labute approximate surface area is 101 Å². The van der Waals surface area contributed by atoms with Crippen LogP contribution in [0, 0.1) is 5.95 Å². The summed E-state index contributed by atoms with van der Waals surface area (Å²) in [6.07, 6.45) is 2.65. The Hall–Kier alpha value is -2.70. The number of carbonyl (C=O) groups is 1. The van der Waals surface area contributed by atoms with Crippen LogP contribution in [0.3, 0.4) is 0 Å². The van der Waals surface area contributed by atoms with Gasteiger partial charge in [0.1, 0.15) is 5.82 Å². The Morgan fingerprint density at radius 1 is 1.33 bits per heavy atom. The molecule has 92 valence electrons. The van der Waals surface area contributed by atoms with Gasteiger partial charge in [-0.3, -0.25) is 5.32 Å². The Kier molecular flexibility index (Phi) is 3.33. The first-order valence-corrected chi connectivity index (χ1v) is 4.99. The highest BCUT2D eigenvalue weighted by atomic mass is 19.1. The van der Waals surface area contributed by atoms with Crippen LogP contribution in [0.1, 0.15) is 0 Å². The number of pyridine rings is 2. The highest BCUT2D eigenvalue weighted by Gasteiger charge is 2.01. The van der Waals surface area contributed by atoms with Crippen LogP contribution in [0.15, 0.2) is 47.7 Å². The molecule has 0 aromatic carbocycles. The number of anilines is 1. The van der Waals surface area contributed by atoms with Crippen molar-refractivity contribution in [2.45, 2.75) is 0 Å². The molecule has 0 saturated carbocycles. The van der Waals surface area contributed by atoms with Crippen molar-refractivity contribution in [2.24, 2.45) is 4.99 Å². The molecule has 0 atom stereocenters. The van der Waals surface area contributed by atoms with Gasteiger partial charge >= 0.3 is 6.03 Å². The molecule has 18 heavy (non-hydrogen) atoms. The lowest BCUT2D eigenvalue weighted by atomic mass is 10.4. The molecule has 0 saturated heterocycles. The highest BCUT2D eigenvalue weighted by molar-refractivity contribution is 5.88. The van der Waals surface area contributed by atoms with Gasteiger partial charge in [0.25, 0.3) is 0 Å². The predicted octanol–water partition coefficient (Wildman–Crippen LogP) is 1.39. The van der Waals surface area contributed by atoms with E-state index in [2.05, 4.69) is 15.3 Å². The molecule has 2 rings (SSSR count). The topological polar surface area (TPSA) is 79.5 Å². The van der Waals surface area contributed by atoms with Crippen molar-refractivity contribution >= 4 is 11.8 Å². The zero-order valence-electron chi connectivity index (χ0n) is 9.12. The Bertz CT molecular complexity index is 618. The van der Waals surface area contributed by atoms with Crippen molar-refractivity contribution in [3.63, 3.8) is 0 Å². The molecule has 2 aromatic rings. The number of amides is 2. The summed E-state index contributed by atoms with van der Waals surface area (Å²) >= 11 is 0. The Morgan fingerprint density at radius 3 is 2.72 bits per heavy atom. The first kappa shape index (κ1) is 11.8. The van der Waals surface area contributed by atoms with Gasteiger partial charge in [0.15, 0.2) is 0 Å². The van der Waals surface area contributed by atoms with Crippen molar-refractivity contribution in [2.75, 3.05) is 5.32 Å². The normalized spacial score (nSPS) is 9.83. The lowest BCUT2D eigenvalue weighted by molar-refractivity contribution is 0.184. The third-order valence-electron chi connectivity index (χ3n) is 1.98. The van der Waals surface area contributed by atoms with Gasteiger partial charge in [0.2, 0.25) is 5.95 Å². The Balaban J connectivity index is 2.14. The number of halogens is 1. The third kappa shape index (κ3) is 3.14. The lowest BCUT2D eigenvalue weighted by Crippen LogP contribution is -2.13. The monoisotopic (exact) mass is 248 g/mol. The molecule has 0 fully saturated rings. The number of carbonyl (C=O) groups excluding carboxylic acids is 1. The maximum Gasteiger partial charge on any atom is 0.347 e. The number of hydrogen-bond donors (Lipinski definition) is 2. The van der Waals surface area contributed by atoms with Gasteiger partial charge in [-0.2, -0.15) is 9.38 Å². The summed E-state index contributed by atoms with van der Waals surface area (Å²) in [5, 5.41) is 11.7. The fourth-order valence-electron chi connectivity index (χ4n) is 1.22. The van der Waals surface area contributed by atoms with E-state index in [9.17, 15) is 9.18 Å². The molecule has 0 aliphatic rings. The van der Waals surface area contributed by atoms with Crippen molar-refractivity contribution in [3.05, 3.63) is 54.0 Å². The second-order valence-electron chi connectivity index (χ2n) is 3.32. The predicted molar refractivity (Wildman–Crippen MR) is 60.4 cm³/mol. The van der Waals surface area contributed by atoms with Crippen molar-refractivity contribution in [3.8, 4) is 0 Å². The SMILES string of the molecule is O=C(N=c1ccn(O)cc1)Nc1cccc(F)n1. The molecule has 0 unspecified atom stereocenters. The van der Waals surface area contributed by atoms with Gasteiger partial charge < -0.3 is 5.21 Å². The largest absolute Gasteiger partial charge is 0.429 e. The molecule has 6 nitrogen and oxygen atoms in total. The van der Waals surface area contributed by atoms with E-state index in [1.165, 1.54) is 42.7 Å². The van der Waals surface area contributed by atoms with Crippen LogP contribution < -0.4 is 10.7 Å². The van der Waals surface area contributed by atoms with E-state index in [4.69, 9.17) is 5.21 Å². The van der Waals surface area contributed by atoms with E-state index in [1.807, 2.05) is 0 Å². The molecule has 0 spiro atoms. The van der Waals surface area contributed by atoms with Gasteiger partial charge in [-0.25, -0.2) is 14.5 Å². The molecule has 0 bridgehead atoms. The summed E-state index contributed by atoms with van der Waals surface area (Å²) in [7, 11) is 0. The smallest absolute Gasteiger partial charge is 0.347 e. The average Bonchev–Trinajstić information content (AvgIpc) is 2.32. The molecule has 0 aliphatic heterocycles. The molecular formula is C11H9FN4O2. The maximum absolute atomic E-state index is 12.8. The fourth-order valence-corrected chi connectivity index (χ4v) is 1.22. The van der Waals surface area contributed by atoms with E-state index in [-0.39, 0.29) is 5.82 Å². The van der Waals surface area contributed by atoms with Crippen LogP contribution in [-0.4, -0.2) is 21.0 Å². The van der Waals surface area contributed by atoms with Gasteiger partial charge in [-0.1, -0.05) is 6.07 Å². The minimum absolute atomic E-state index is 0.0805. The molecule has 0 aliphatic carbocycles. The third-order valence-corrected chi connectivity index (χ3v) is 1.98. The summed E-state index contributed by atoms with van der Waals surface area (Å²) in [5.41, 5.74) is 0. The van der Waals surface area contributed by atoms with Crippen LogP contribution in [0.5, 0.6) is 0 Å². The summed E-state index contributed by atoms with van der Waals surface area (Å²) in [6.45, 7) is 0. The quantitative estimate of drug-likeness (QED) is 0.591. The zero-order valence-corrected chi connectivity index (χ0v) is 9.12. The number of nitrogens with one attached hydrogen (secondary N) is 1. The summed E-state index contributed by atoms with van der Waals surface area (Å²) in [5.74, 6) is -0.606. The van der Waals surface area contributed by atoms with E-state index in [0.29, 0.717) is 5.36 Å². The molecule has 2 aromatic heterocycles. The number of rotatable bonds is 1. The molecule has 2 amide bonds. The molecular weight excluding hydrogens is 239 g/mol. The van der Waals surface area contributed by atoms with Crippen molar-refractivity contribution in [1.82, 2.24) is 9.71 Å². The Morgan fingerprint density at radius 2 is 2.06 bits per heavy atom. The molecule has 2 N–H and O–H groups in total. The van der Waals surface area contributed by atoms with E-state index >= 15 is 0 Å². The van der Waals surface area contributed by atoms with Crippen LogP contribution in [-0.2, 0) is 0 Å². The van der Waals surface area contributed by atoms with E-state index in [1.54, 1.807) is 0 Å². The molecule has 0 radical (unpaired) electrons. The summed E-state index contributed by atoms with van der Waals surface area (Å²) < 4.78 is 13.6. The van der Waals surface area contributed by atoms with Gasteiger partial charge in [-0.05, 0) is 24.3 Å². The van der Waals surface area contributed by atoms with Gasteiger partial charge in [-0.15, -0.1) is 0 Å². The highest BCUT2D eigenvalue weighted by Crippen LogP contribution is 2.03. The van der Waals surface area contributed by atoms with E-state index in [0.717, 1.165) is 4.73 Å². The summed E-state index contributed by atoms with van der Waals surface area (Å²) in [6, 6.07) is 6.25. The number of aromatic nitrogens is 2. The van der Waals surface area contributed by atoms with Gasteiger partial charge in [0, 0.05) is 12.4 Å². The van der Waals surface area contributed by atoms with Crippen LogP contribution in [0.25, 0.3) is 0 Å². The van der Waals surface area contributed by atoms with E-state index < -0.39 is 12.0 Å². The van der Waals surface area contributed by atoms with Crippen molar-refractivity contribution < 1.29 is 14.4 Å². The lowest BCUT2D eigenvalue weighted by Gasteiger charge is -1.99. The molecule has 2 heterocycles. The fraction of sp³-hybridized carbons (Fsp3) is 0. The first-order chi connectivity index (χ1) is 8.63. The minimum atomic E-state index is -0.686. The zero-order chi connectivity index (χ0) is 13.0. The average molecular weight is 248 g/mol. The van der Waals surface area contributed by atoms with Crippen LogP contribution in [0.4, 0.5) is 15.0 Å². The number of urea groups is 1. The van der Waals surface area contributed by atoms with Crippen molar-refractivity contribution in [1.29, 1.82) is 0 Å². The van der Waals surface area contributed by atoms with Crippen LogP contribution in [0.2, 0.25) is 0 Å². The van der Waals surface area contributed by atoms with Gasteiger partial charge in [0.05, 0.1) is 5.36 Å². The van der Waals surface area contributed by atoms with Crippen LogP contribution >= 0.6 is 0 Å². The second kappa shape index (κ2) is 5.09. The minimum Gasteiger partial charge on any atom is -0.429 e.